The monoisotopic (exact) mass is 186 g/mol. The molecule has 0 spiro atoms. The summed E-state index contributed by atoms with van der Waals surface area (Å²) in [6.07, 6.45) is 1.96. The van der Waals surface area contributed by atoms with E-state index < -0.39 is 0 Å². The molecule has 0 aliphatic heterocycles. The van der Waals surface area contributed by atoms with Crippen LogP contribution in [0.1, 0.15) is 13.8 Å². The average molecular weight is 186 g/mol. The molecule has 4 heteroatoms. The van der Waals surface area contributed by atoms with E-state index in [0.29, 0.717) is 0 Å². The molecular weight excluding hydrogens is 172 g/mol. The SMILES string of the molecule is CSCC(C)(C)C(=O)NCC#N. The highest BCUT2D eigenvalue weighted by molar-refractivity contribution is 7.98. The van der Waals surface area contributed by atoms with Gasteiger partial charge in [0.15, 0.2) is 0 Å². The number of thioether (sulfide) groups is 1. The van der Waals surface area contributed by atoms with Crippen molar-refractivity contribution >= 4 is 17.7 Å². The molecule has 0 aromatic heterocycles. The van der Waals surface area contributed by atoms with E-state index in [1.807, 2.05) is 26.2 Å². The second-order valence-corrected chi connectivity index (χ2v) is 4.02. The fourth-order valence-corrected chi connectivity index (χ4v) is 1.64. The first-order valence-corrected chi connectivity index (χ1v) is 5.08. The lowest BCUT2D eigenvalue weighted by Crippen LogP contribution is -2.38. The van der Waals surface area contributed by atoms with Crippen molar-refractivity contribution in [1.82, 2.24) is 5.32 Å². The number of carbonyl (C=O) groups excluding carboxylic acids is 1. The van der Waals surface area contributed by atoms with E-state index in [4.69, 9.17) is 5.26 Å². The van der Waals surface area contributed by atoms with E-state index in [1.54, 1.807) is 11.8 Å². The molecule has 0 heterocycles. The van der Waals surface area contributed by atoms with Gasteiger partial charge in [0.05, 0.1) is 11.5 Å². The Morgan fingerprint density at radius 1 is 1.67 bits per heavy atom. The van der Waals surface area contributed by atoms with Crippen molar-refractivity contribution in [2.75, 3.05) is 18.6 Å². The van der Waals surface area contributed by atoms with Gasteiger partial charge in [0.25, 0.3) is 0 Å². The van der Waals surface area contributed by atoms with Crippen LogP contribution >= 0.6 is 11.8 Å². The Morgan fingerprint density at radius 3 is 2.67 bits per heavy atom. The van der Waals surface area contributed by atoms with Crippen LogP contribution in [0.3, 0.4) is 0 Å². The third-order valence-electron chi connectivity index (χ3n) is 1.45. The Balaban J connectivity index is 3.99. The van der Waals surface area contributed by atoms with Crippen LogP contribution < -0.4 is 5.32 Å². The van der Waals surface area contributed by atoms with Gasteiger partial charge in [-0.25, -0.2) is 0 Å². The molecule has 0 radical (unpaired) electrons. The first kappa shape index (κ1) is 11.3. The summed E-state index contributed by atoms with van der Waals surface area (Å²) < 4.78 is 0. The van der Waals surface area contributed by atoms with Gasteiger partial charge in [-0.15, -0.1) is 0 Å². The van der Waals surface area contributed by atoms with Crippen molar-refractivity contribution in [3.63, 3.8) is 0 Å². The van der Waals surface area contributed by atoms with Crippen molar-refractivity contribution < 1.29 is 4.79 Å². The summed E-state index contributed by atoms with van der Waals surface area (Å²) in [7, 11) is 0. The summed E-state index contributed by atoms with van der Waals surface area (Å²) >= 11 is 1.63. The van der Waals surface area contributed by atoms with Crippen LogP contribution in [0.25, 0.3) is 0 Å². The van der Waals surface area contributed by atoms with Crippen LogP contribution in [0.15, 0.2) is 0 Å². The highest BCUT2D eigenvalue weighted by Gasteiger charge is 2.26. The highest BCUT2D eigenvalue weighted by atomic mass is 32.2. The van der Waals surface area contributed by atoms with Gasteiger partial charge in [0, 0.05) is 5.75 Å². The lowest BCUT2D eigenvalue weighted by atomic mass is 9.95. The Labute approximate surface area is 77.5 Å². The molecule has 0 fully saturated rings. The molecule has 0 rings (SSSR count). The predicted molar refractivity (Wildman–Crippen MR) is 50.8 cm³/mol. The average Bonchev–Trinajstić information content (AvgIpc) is 2.00. The minimum Gasteiger partial charge on any atom is -0.343 e. The zero-order valence-corrected chi connectivity index (χ0v) is 8.49. The lowest BCUT2D eigenvalue weighted by molar-refractivity contribution is -0.127. The van der Waals surface area contributed by atoms with Crippen LogP contribution in [0.2, 0.25) is 0 Å². The number of nitrogens with zero attached hydrogens (tertiary/aromatic N) is 1. The molecule has 0 bridgehead atoms. The Bertz CT molecular complexity index is 196. The first-order valence-electron chi connectivity index (χ1n) is 3.69. The van der Waals surface area contributed by atoms with Gasteiger partial charge in [-0.05, 0) is 6.26 Å². The number of nitrogens with one attached hydrogen (secondary N) is 1. The van der Waals surface area contributed by atoms with Gasteiger partial charge in [0.1, 0.15) is 6.54 Å². The molecular formula is C8H14N2OS. The molecule has 0 aliphatic carbocycles. The van der Waals surface area contributed by atoms with E-state index in [-0.39, 0.29) is 17.9 Å². The van der Waals surface area contributed by atoms with Gasteiger partial charge < -0.3 is 5.32 Å². The molecule has 0 saturated carbocycles. The van der Waals surface area contributed by atoms with E-state index in [0.717, 1.165) is 5.75 Å². The number of hydrogen-bond donors (Lipinski definition) is 1. The van der Waals surface area contributed by atoms with Crippen molar-refractivity contribution in [3.8, 4) is 6.07 Å². The van der Waals surface area contributed by atoms with E-state index in [2.05, 4.69) is 5.32 Å². The second kappa shape index (κ2) is 5.04. The zero-order chi connectivity index (χ0) is 9.61. The molecule has 68 valence electrons. The maximum Gasteiger partial charge on any atom is 0.227 e. The lowest BCUT2D eigenvalue weighted by Gasteiger charge is -2.21. The number of nitriles is 1. The van der Waals surface area contributed by atoms with Crippen LogP contribution in [-0.4, -0.2) is 24.5 Å². The first-order chi connectivity index (χ1) is 5.54. The standard InChI is InChI=1S/C8H14N2OS/c1-8(2,6-12-3)7(11)10-5-4-9/h5-6H2,1-3H3,(H,10,11). The molecule has 0 aliphatic rings. The molecule has 1 N–H and O–H groups in total. The summed E-state index contributed by atoms with van der Waals surface area (Å²) in [6, 6.07) is 1.87. The van der Waals surface area contributed by atoms with E-state index in [9.17, 15) is 4.79 Å². The normalized spacial score (nSPS) is 10.5. The molecule has 0 atom stereocenters. The topological polar surface area (TPSA) is 52.9 Å². The highest BCUT2D eigenvalue weighted by Crippen LogP contribution is 2.19. The zero-order valence-electron chi connectivity index (χ0n) is 7.68. The molecule has 0 saturated heterocycles. The third kappa shape index (κ3) is 3.63. The summed E-state index contributed by atoms with van der Waals surface area (Å²) in [5, 5.41) is 10.8. The number of rotatable bonds is 4. The summed E-state index contributed by atoms with van der Waals surface area (Å²) in [6.45, 7) is 3.84. The molecule has 3 nitrogen and oxygen atoms in total. The fourth-order valence-electron chi connectivity index (χ4n) is 0.785. The van der Waals surface area contributed by atoms with Crippen molar-refractivity contribution in [1.29, 1.82) is 5.26 Å². The summed E-state index contributed by atoms with van der Waals surface area (Å²) in [4.78, 5) is 11.3. The fraction of sp³-hybridized carbons (Fsp3) is 0.750. The van der Waals surface area contributed by atoms with Crippen LogP contribution in [0.4, 0.5) is 0 Å². The summed E-state index contributed by atoms with van der Waals surface area (Å²) in [5.41, 5.74) is -0.379. The second-order valence-electron chi connectivity index (χ2n) is 3.16. The molecule has 1 amide bonds. The maximum absolute atomic E-state index is 11.3. The molecule has 0 unspecified atom stereocenters. The smallest absolute Gasteiger partial charge is 0.227 e. The minimum absolute atomic E-state index is 0.0570. The summed E-state index contributed by atoms with van der Waals surface area (Å²) in [5.74, 6) is 0.711. The van der Waals surface area contributed by atoms with Crippen molar-refractivity contribution in [3.05, 3.63) is 0 Å². The third-order valence-corrected chi connectivity index (χ3v) is 2.46. The molecule has 0 aromatic rings. The maximum atomic E-state index is 11.3. The van der Waals surface area contributed by atoms with Crippen molar-refractivity contribution in [2.45, 2.75) is 13.8 Å². The number of hydrogen-bond acceptors (Lipinski definition) is 3. The number of carbonyl (C=O) groups is 1. The van der Waals surface area contributed by atoms with Crippen molar-refractivity contribution in [2.24, 2.45) is 5.41 Å². The Kier molecular flexibility index (Phi) is 4.75. The van der Waals surface area contributed by atoms with Gasteiger partial charge in [-0.1, -0.05) is 13.8 Å². The number of amides is 1. The Hall–Kier alpha value is -0.690. The van der Waals surface area contributed by atoms with E-state index in [1.165, 1.54) is 0 Å². The quantitative estimate of drug-likeness (QED) is 0.667. The van der Waals surface area contributed by atoms with Crippen LogP contribution in [0.5, 0.6) is 0 Å². The van der Waals surface area contributed by atoms with Gasteiger partial charge in [-0.2, -0.15) is 17.0 Å². The van der Waals surface area contributed by atoms with Gasteiger partial charge in [0.2, 0.25) is 5.91 Å². The predicted octanol–water partition coefficient (Wildman–Crippen LogP) is 1.02. The van der Waals surface area contributed by atoms with Crippen LogP contribution in [-0.2, 0) is 4.79 Å². The molecule has 12 heavy (non-hydrogen) atoms. The van der Waals surface area contributed by atoms with Gasteiger partial charge in [-0.3, -0.25) is 4.79 Å². The van der Waals surface area contributed by atoms with Gasteiger partial charge >= 0.3 is 0 Å². The Morgan fingerprint density at radius 2 is 2.25 bits per heavy atom. The molecule has 0 aromatic carbocycles. The van der Waals surface area contributed by atoms with E-state index >= 15 is 0 Å². The van der Waals surface area contributed by atoms with Crippen LogP contribution in [0, 0.1) is 16.7 Å². The minimum atomic E-state index is -0.379. The largest absolute Gasteiger partial charge is 0.343 e.